The zero-order valence-corrected chi connectivity index (χ0v) is 22.2. The second kappa shape index (κ2) is 12.9. The normalized spacial score (nSPS) is 16.4. The van der Waals surface area contributed by atoms with Crippen LogP contribution in [0.1, 0.15) is 52.2 Å². The van der Waals surface area contributed by atoms with E-state index >= 15 is 0 Å². The van der Waals surface area contributed by atoms with Crippen molar-refractivity contribution < 1.29 is 33.4 Å². The lowest BCUT2D eigenvalue weighted by atomic mass is 9.93. The molecule has 0 spiro atoms. The molecule has 210 valence electrons. The predicted octanol–water partition coefficient (Wildman–Crippen LogP) is 6.07. The lowest BCUT2D eigenvalue weighted by Gasteiger charge is -2.29. The van der Waals surface area contributed by atoms with E-state index in [-0.39, 0.29) is 41.6 Å². The summed E-state index contributed by atoms with van der Waals surface area (Å²) in [5.41, 5.74) is 1.07. The third-order valence-corrected chi connectivity index (χ3v) is 6.84. The van der Waals surface area contributed by atoms with E-state index in [2.05, 4.69) is 10.6 Å². The number of rotatable bonds is 10. The molecule has 4 aromatic rings. The second-order valence-corrected chi connectivity index (χ2v) is 9.84. The van der Waals surface area contributed by atoms with Crippen molar-refractivity contribution in [2.45, 2.75) is 44.2 Å². The molecule has 1 fully saturated rings. The fraction of sp³-hybridized carbons (Fsp3) is 0.219. The fourth-order valence-electron chi connectivity index (χ4n) is 4.74. The molecule has 1 saturated carbocycles. The summed E-state index contributed by atoms with van der Waals surface area (Å²) in [7, 11) is 0. The second-order valence-electron chi connectivity index (χ2n) is 9.84. The highest BCUT2D eigenvalue weighted by Gasteiger charge is 2.24. The van der Waals surface area contributed by atoms with E-state index in [4.69, 9.17) is 13.9 Å². The minimum Gasteiger partial charge on any atom is -0.490 e. The van der Waals surface area contributed by atoms with Crippen LogP contribution in [0.2, 0.25) is 0 Å². The summed E-state index contributed by atoms with van der Waals surface area (Å²) in [6, 6.07) is 24.3. The SMILES string of the molecule is O=C(Cc1ccc(Oc2ccc(OC3CCC(NC(=O)c4ccco4)CC3)cc2)cc1)Nc1ccccc1C(=O)O. The average Bonchev–Trinajstić information content (AvgIpc) is 3.52. The lowest BCUT2D eigenvalue weighted by molar-refractivity contribution is -0.115. The first-order chi connectivity index (χ1) is 19.9. The van der Waals surface area contributed by atoms with Crippen LogP contribution in [-0.2, 0) is 11.2 Å². The smallest absolute Gasteiger partial charge is 0.337 e. The Morgan fingerprint density at radius 1 is 0.805 bits per heavy atom. The van der Waals surface area contributed by atoms with Crippen LogP contribution >= 0.6 is 0 Å². The molecule has 1 aromatic heterocycles. The van der Waals surface area contributed by atoms with Gasteiger partial charge >= 0.3 is 5.97 Å². The number of carboxylic acids is 1. The van der Waals surface area contributed by atoms with E-state index < -0.39 is 5.97 Å². The van der Waals surface area contributed by atoms with E-state index in [1.165, 1.54) is 12.3 Å². The molecular formula is C32H30N2O7. The van der Waals surface area contributed by atoms with Crippen LogP contribution in [0.5, 0.6) is 17.2 Å². The van der Waals surface area contributed by atoms with Crippen LogP contribution in [0.4, 0.5) is 5.69 Å². The van der Waals surface area contributed by atoms with Gasteiger partial charge in [-0.15, -0.1) is 0 Å². The Bertz CT molecular complexity index is 1470. The lowest BCUT2D eigenvalue weighted by Crippen LogP contribution is -2.39. The molecule has 0 bridgehead atoms. The zero-order valence-electron chi connectivity index (χ0n) is 22.2. The van der Waals surface area contributed by atoms with Crippen molar-refractivity contribution in [1.82, 2.24) is 5.32 Å². The Kier molecular flexibility index (Phi) is 8.64. The number of carbonyl (C=O) groups excluding carboxylic acids is 2. The number of benzene rings is 3. The maximum Gasteiger partial charge on any atom is 0.337 e. The van der Waals surface area contributed by atoms with Crippen LogP contribution in [0, 0.1) is 0 Å². The van der Waals surface area contributed by atoms with Crippen molar-refractivity contribution in [2.75, 3.05) is 5.32 Å². The number of hydrogen-bond donors (Lipinski definition) is 3. The summed E-state index contributed by atoms with van der Waals surface area (Å²) in [5.74, 6) is 0.755. The Balaban J connectivity index is 1.06. The number of amides is 2. The van der Waals surface area contributed by atoms with Crippen molar-refractivity contribution >= 4 is 23.5 Å². The maximum atomic E-state index is 12.4. The van der Waals surface area contributed by atoms with E-state index in [9.17, 15) is 19.5 Å². The van der Waals surface area contributed by atoms with Gasteiger partial charge in [0, 0.05) is 6.04 Å². The molecule has 1 heterocycles. The largest absolute Gasteiger partial charge is 0.490 e. The number of nitrogens with one attached hydrogen (secondary N) is 2. The highest BCUT2D eigenvalue weighted by atomic mass is 16.5. The van der Waals surface area contributed by atoms with Crippen molar-refractivity contribution in [3.63, 3.8) is 0 Å². The molecule has 1 aliphatic rings. The first kappa shape index (κ1) is 27.5. The first-order valence-corrected chi connectivity index (χ1v) is 13.4. The summed E-state index contributed by atoms with van der Waals surface area (Å²) < 4.78 is 17.2. The number of carboxylic acid groups (broad SMARTS) is 1. The minimum absolute atomic E-state index is 0.0421. The van der Waals surface area contributed by atoms with Crippen LogP contribution in [0.3, 0.4) is 0 Å². The zero-order chi connectivity index (χ0) is 28.6. The number of para-hydroxylation sites is 1. The van der Waals surface area contributed by atoms with Crippen LogP contribution in [0.15, 0.2) is 95.6 Å². The van der Waals surface area contributed by atoms with Crippen molar-refractivity contribution in [2.24, 2.45) is 0 Å². The first-order valence-electron chi connectivity index (χ1n) is 13.4. The molecular weight excluding hydrogens is 524 g/mol. The van der Waals surface area contributed by atoms with Crippen molar-refractivity contribution in [3.8, 4) is 17.2 Å². The quantitative estimate of drug-likeness (QED) is 0.217. The molecule has 2 amide bonds. The summed E-state index contributed by atoms with van der Waals surface area (Å²) in [4.78, 5) is 36.0. The van der Waals surface area contributed by atoms with Crippen LogP contribution in [-0.4, -0.2) is 35.0 Å². The van der Waals surface area contributed by atoms with Crippen molar-refractivity contribution in [1.29, 1.82) is 0 Å². The highest BCUT2D eigenvalue weighted by Crippen LogP contribution is 2.28. The van der Waals surface area contributed by atoms with E-state index in [0.29, 0.717) is 17.3 Å². The maximum absolute atomic E-state index is 12.4. The third-order valence-electron chi connectivity index (χ3n) is 6.84. The van der Waals surface area contributed by atoms with Gasteiger partial charge in [-0.05, 0) is 91.9 Å². The van der Waals surface area contributed by atoms with Gasteiger partial charge in [0.1, 0.15) is 17.2 Å². The minimum atomic E-state index is -1.10. The number of furan rings is 1. The van der Waals surface area contributed by atoms with Gasteiger partial charge in [-0.25, -0.2) is 4.79 Å². The van der Waals surface area contributed by atoms with E-state index in [1.807, 2.05) is 24.3 Å². The molecule has 0 unspecified atom stereocenters. The number of ether oxygens (including phenoxy) is 2. The summed E-state index contributed by atoms with van der Waals surface area (Å²) in [5, 5.41) is 15.0. The van der Waals surface area contributed by atoms with Crippen molar-refractivity contribution in [3.05, 3.63) is 108 Å². The Labute approximate surface area is 237 Å². The molecule has 3 N–H and O–H groups in total. The van der Waals surface area contributed by atoms with Crippen LogP contribution in [0.25, 0.3) is 0 Å². The standard InChI is InChI=1S/C32H30N2O7/c35-30(34-28-5-2-1-4-27(28)32(37)38)20-21-7-11-23(12-8-21)40-25-15-17-26(18-16-25)41-24-13-9-22(10-14-24)33-31(36)29-6-3-19-39-29/h1-8,11-12,15-19,22,24H,9-10,13-14,20H2,(H,33,36)(H,34,35)(H,37,38). The average molecular weight is 555 g/mol. The molecule has 5 rings (SSSR count). The summed E-state index contributed by atoms with van der Waals surface area (Å²) >= 11 is 0. The number of hydrogen-bond acceptors (Lipinski definition) is 6. The molecule has 0 saturated heterocycles. The molecule has 9 nitrogen and oxygen atoms in total. The molecule has 3 aromatic carbocycles. The number of aromatic carboxylic acids is 1. The molecule has 1 aliphatic carbocycles. The van der Waals surface area contributed by atoms with Gasteiger partial charge in [0.15, 0.2) is 5.76 Å². The molecule has 41 heavy (non-hydrogen) atoms. The van der Waals surface area contributed by atoms with Gasteiger partial charge in [-0.3, -0.25) is 9.59 Å². The molecule has 0 atom stereocenters. The summed E-state index contributed by atoms with van der Waals surface area (Å²) in [6.45, 7) is 0. The van der Waals surface area contributed by atoms with E-state index in [0.717, 1.165) is 37.0 Å². The van der Waals surface area contributed by atoms with Gasteiger partial charge in [0.2, 0.25) is 5.91 Å². The molecule has 9 heteroatoms. The fourth-order valence-corrected chi connectivity index (χ4v) is 4.74. The Hall–Kier alpha value is -5.05. The predicted molar refractivity (Wildman–Crippen MR) is 152 cm³/mol. The Morgan fingerprint density at radius 2 is 1.46 bits per heavy atom. The van der Waals surface area contributed by atoms with Gasteiger partial charge in [-0.2, -0.15) is 0 Å². The number of carbonyl (C=O) groups is 3. The Morgan fingerprint density at radius 3 is 2.12 bits per heavy atom. The third kappa shape index (κ3) is 7.54. The van der Waals surface area contributed by atoms with Gasteiger partial charge < -0.3 is 29.6 Å². The monoisotopic (exact) mass is 554 g/mol. The topological polar surface area (TPSA) is 127 Å². The van der Waals surface area contributed by atoms with Gasteiger partial charge in [-0.1, -0.05) is 24.3 Å². The van der Waals surface area contributed by atoms with E-state index in [1.54, 1.807) is 54.6 Å². The molecule has 0 radical (unpaired) electrons. The molecule has 0 aliphatic heterocycles. The van der Waals surface area contributed by atoms with Gasteiger partial charge in [0.05, 0.1) is 30.0 Å². The number of anilines is 1. The van der Waals surface area contributed by atoms with Gasteiger partial charge in [0.25, 0.3) is 5.91 Å². The van der Waals surface area contributed by atoms with Crippen LogP contribution < -0.4 is 20.1 Å². The summed E-state index contributed by atoms with van der Waals surface area (Å²) in [6.07, 6.45) is 5.04. The highest BCUT2D eigenvalue weighted by molar-refractivity contribution is 6.01.